The van der Waals surface area contributed by atoms with Crippen molar-refractivity contribution in [3.63, 3.8) is 0 Å². The maximum Gasteiger partial charge on any atom is 0.240 e. The van der Waals surface area contributed by atoms with E-state index < -0.39 is 0 Å². The Labute approximate surface area is 107 Å². The van der Waals surface area contributed by atoms with E-state index in [4.69, 9.17) is 10.3 Å². The summed E-state index contributed by atoms with van der Waals surface area (Å²) >= 11 is 3.34. The summed E-state index contributed by atoms with van der Waals surface area (Å²) < 4.78 is 5.57. The lowest BCUT2D eigenvalue weighted by Gasteiger charge is -2.08. The highest BCUT2D eigenvalue weighted by Gasteiger charge is 2.16. The first kappa shape index (κ1) is 12.1. The lowest BCUT2D eigenvalue weighted by molar-refractivity contribution is 0.380. The number of aromatic nitrogens is 2. The van der Waals surface area contributed by atoms with Gasteiger partial charge >= 0.3 is 0 Å². The van der Waals surface area contributed by atoms with Crippen LogP contribution in [0, 0.1) is 13.8 Å². The zero-order valence-corrected chi connectivity index (χ0v) is 11.1. The molecule has 6 heteroatoms. The predicted molar refractivity (Wildman–Crippen MR) is 66.5 cm³/mol. The molecule has 0 saturated heterocycles. The van der Waals surface area contributed by atoms with Crippen LogP contribution in [0.3, 0.4) is 0 Å². The van der Waals surface area contributed by atoms with Crippen LogP contribution in [0.25, 0.3) is 11.4 Å². The average molecular weight is 298 g/mol. The van der Waals surface area contributed by atoms with Crippen LogP contribution < -0.4 is 5.73 Å². The fraction of sp³-hybridized carbons (Fsp3) is 0.273. The van der Waals surface area contributed by atoms with Crippen molar-refractivity contribution >= 4 is 15.9 Å². The van der Waals surface area contributed by atoms with Gasteiger partial charge in [-0.05, 0) is 47.0 Å². The van der Waals surface area contributed by atoms with Crippen molar-refractivity contribution in [3.8, 4) is 17.1 Å². The Balaban J connectivity index is 2.59. The third-order valence-electron chi connectivity index (χ3n) is 2.63. The van der Waals surface area contributed by atoms with Gasteiger partial charge in [0.25, 0.3) is 0 Å². The van der Waals surface area contributed by atoms with Gasteiger partial charge in [-0.25, -0.2) is 0 Å². The molecule has 0 aliphatic carbocycles. The second-order valence-corrected chi connectivity index (χ2v) is 4.54. The van der Waals surface area contributed by atoms with E-state index in [0.29, 0.717) is 21.8 Å². The van der Waals surface area contributed by atoms with Crippen molar-refractivity contribution in [3.05, 3.63) is 27.6 Å². The Morgan fingerprint density at radius 2 is 2.18 bits per heavy atom. The quantitative estimate of drug-likeness (QED) is 0.888. The summed E-state index contributed by atoms with van der Waals surface area (Å²) in [6, 6.07) is 1.82. The lowest BCUT2D eigenvalue weighted by Crippen LogP contribution is -1.96. The molecule has 2 aromatic rings. The van der Waals surface area contributed by atoms with Gasteiger partial charge in [-0.3, -0.25) is 0 Å². The molecule has 1 aromatic carbocycles. The number of hydrogen-bond donors (Lipinski definition) is 2. The molecule has 0 spiro atoms. The lowest BCUT2D eigenvalue weighted by atomic mass is 10.0. The summed E-state index contributed by atoms with van der Waals surface area (Å²) in [6.07, 6.45) is 0. The fourth-order valence-electron chi connectivity index (χ4n) is 1.48. The second-order valence-electron chi connectivity index (χ2n) is 3.74. The van der Waals surface area contributed by atoms with Gasteiger partial charge < -0.3 is 15.4 Å². The maximum absolute atomic E-state index is 10.0. The third-order valence-corrected chi connectivity index (χ3v) is 3.60. The number of nitrogens with zero attached hydrogens (tertiary/aromatic N) is 2. The number of phenols is 1. The van der Waals surface area contributed by atoms with Gasteiger partial charge in [-0.1, -0.05) is 5.16 Å². The van der Waals surface area contributed by atoms with Crippen molar-refractivity contribution in [1.29, 1.82) is 0 Å². The highest BCUT2D eigenvalue weighted by atomic mass is 79.9. The number of hydrogen-bond acceptors (Lipinski definition) is 5. The molecule has 2 rings (SSSR count). The Bertz CT molecular complexity index is 566. The van der Waals surface area contributed by atoms with Gasteiger partial charge in [0.15, 0.2) is 0 Å². The van der Waals surface area contributed by atoms with E-state index >= 15 is 0 Å². The zero-order chi connectivity index (χ0) is 12.6. The van der Waals surface area contributed by atoms with E-state index in [9.17, 15) is 5.11 Å². The maximum atomic E-state index is 10.0. The smallest absolute Gasteiger partial charge is 0.240 e. The molecule has 0 fully saturated rings. The number of benzene rings is 1. The van der Waals surface area contributed by atoms with Crippen molar-refractivity contribution in [1.82, 2.24) is 10.1 Å². The summed E-state index contributed by atoms with van der Waals surface area (Å²) in [6.45, 7) is 4.05. The molecule has 0 amide bonds. The molecule has 17 heavy (non-hydrogen) atoms. The van der Waals surface area contributed by atoms with Gasteiger partial charge in [0.2, 0.25) is 11.7 Å². The molecule has 0 atom stereocenters. The summed E-state index contributed by atoms with van der Waals surface area (Å²) in [5.41, 5.74) is 7.94. The average Bonchev–Trinajstić information content (AvgIpc) is 2.79. The minimum absolute atomic E-state index is 0.109. The highest BCUT2D eigenvalue weighted by molar-refractivity contribution is 9.10. The molecular weight excluding hydrogens is 286 g/mol. The van der Waals surface area contributed by atoms with Crippen molar-refractivity contribution in [2.45, 2.75) is 20.4 Å². The van der Waals surface area contributed by atoms with Crippen LogP contribution in [0.4, 0.5) is 0 Å². The van der Waals surface area contributed by atoms with Crippen LogP contribution in [0.5, 0.6) is 5.75 Å². The summed E-state index contributed by atoms with van der Waals surface area (Å²) in [5, 5.41) is 13.8. The van der Waals surface area contributed by atoms with E-state index in [-0.39, 0.29) is 12.3 Å². The summed E-state index contributed by atoms with van der Waals surface area (Å²) in [7, 11) is 0. The van der Waals surface area contributed by atoms with Crippen molar-refractivity contribution < 1.29 is 9.63 Å². The van der Waals surface area contributed by atoms with Gasteiger partial charge in [-0.2, -0.15) is 4.98 Å². The fourth-order valence-corrected chi connectivity index (χ4v) is 2.01. The van der Waals surface area contributed by atoms with Gasteiger partial charge in [0.1, 0.15) is 5.75 Å². The number of halogens is 1. The Kier molecular flexibility index (Phi) is 3.17. The predicted octanol–water partition coefficient (Wildman–Crippen LogP) is 2.28. The zero-order valence-electron chi connectivity index (χ0n) is 9.49. The molecule has 1 heterocycles. The number of phenolic OH excluding ortho intramolecular Hbond substituents is 1. The van der Waals surface area contributed by atoms with E-state index in [1.54, 1.807) is 0 Å². The Morgan fingerprint density at radius 3 is 2.76 bits per heavy atom. The SMILES string of the molecule is Cc1cc(-c2noc(CN)n2)c(O)c(Br)c1C. The molecule has 0 aliphatic heterocycles. The Hall–Kier alpha value is -1.40. The molecule has 0 radical (unpaired) electrons. The van der Waals surface area contributed by atoms with E-state index in [0.717, 1.165) is 11.1 Å². The molecule has 0 unspecified atom stereocenters. The largest absolute Gasteiger partial charge is 0.506 e. The molecule has 90 valence electrons. The molecule has 3 N–H and O–H groups in total. The van der Waals surface area contributed by atoms with Gasteiger partial charge in [-0.15, -0.1) is 0 Å². The molecule has 0 saturated carbocycles. The topological polar surface area (TPSA) is 85.2 Å². The second kappa shape index (κ2) is 4.46. The summed E-state index contributed by atoms with van der Waals surface area (Å²) in [5.74, 6) is 0.790. The molecule has 0 bridgehead atoms. The van der Waals surface area contributed by atoms with E-state index in [2.05, 4.69) is 26.1 Å². The standard InChI is InChI=1S/C11H12BrN3O2/c1-5-3-7(10(16)9(12)6(5)2)11-14-8(4-13)17-15-11/h3,16H,4,13H2,1-2H3. The summed E-state index contributed by atoms with van der Waals surface area (Å²) in [4.78, 5) is 4.09. The molecule has 0 aliphatic rings. The van der Waals surface area contributed by atoms with Crippen LogP contribution in [0.2, 0.25) is 0 Å². The van der Waals surface area contributed by atoms with Crippen molar-refractivity contribution in [2.24, 2.45) is 5.73 Å². The Morgan fingerprint density at radius 1 is 1.47 bits per heavy atom. The first-order chi connectivity index (χ1) is 8.04. The van der Waals surface area contributed by atoms with Gasteiger partial charge in [0.05, 0.1) is 16.6 Å². The molecule has 5 nitrogen and oxygen atoms in total. The van der Waals surface area contributed by atoms with Crippen LogP contribution >= 0.6 is 15.9 Å². The number of nitrogens with two attached hydrogens (primary N) is 1. The van der Waals surface area contributed by atoms with Crippen molar-refractivity contribution in [2.75, 3.05) is 0 Å². The molecule has 1 aromatic heterocycles. The minimum Gasteiger partial charge on any atom is -0.506 e. The van der Waals surface area contributed by atoms with Crippen LogP contribution in [-0.2, 0) is 6.54 Å². The van der Waals surface area contributed by atoms with E-state index in [1.165, 1.54) is 0 Å². The normalized spacial score (nSPS) is 10.8. The van der Waals surface area contributed by atoms with Crippen LogP contribution in [-0.4, -0.2) is 15.2 Å². The monoisotopic (exact) mass is 297 g/mol. The number of rotatable bonds is 2. The van der Waals surface area contributed by atoms with Gasteiger partial charge in [0, 0.05) is 0 Å². The van der Waals surface area contributed by atoms with Crippen LogP contribution in [0.1, 0.15) is 17.0 Å². The third kappa shape index (κ3) is 2.05. The number of aryl methyl sites for hydroxylation is 1. The first-order valence-corrected chi connectivity index (χ1v) is 5.85. The minimum atomic E-state index is 0.109. The first-order valence-electron chi connectivity index (χ1n) is 5.06. The number of aromatic hydroxyl groups is 1. The van der Waals surface area contributed by atoms with E-state index in [1.807, 2.05) is 19.9 Å². The molecular formula is C11H12BrN3O2. The highest BCUT2D eigenvalue weighted by Crippen LogP contribution is 2.38. The van der Waals surface area contributed by atoms with Crippen LogP contribution in [0.15, 0.2) is 15.1 Å².